The van der Waals surface area contributed by atoms with Gasteiger partial charge in [0.15, 0.2) is 0 Å². The van der Waals surface area contributed by atoms with E-state index in [4.69, 9.17) is 0 Å². The molecule has 0 radical (unpaired) electrons. The zero-order valence-electron chi connectivity index (χ0n) is 11.8. The van der Waals surface area contributed by atoms with Crippen LogP contribution >= 0.6 is 0 Å². The van der Waals surface area contributed by atoms with Crippen LogP contribution in [0.15, 0.2) is 48.8 Å². The Balaban J connectivity index is 1.79. The molecule has 1 atom stereocenters. The molecule has 0 spiro atoms. The number of nitrogens with zero attached hydrogens (tertiary/aromatic N) is 1. The molecule has 0 saturated heterocycles. The Labute approximate surface area is 123 Å². The highest BCUT2D eigenvalue weighted by atomic mass is 19.3. The monoisotopic (exact) mass is 292 g/mol. The number of aromatic nitrogens is 1. The minimum atomic E-state index is -2.78. The SMILES string of the molecule is CC(CCc1ccc(OC(F)F)cc1)Nc1cccnc1. The quantitative estimate of drug-likeness (QED) is 0.833. The number of anilines is 1. The van der Waals surface area contributed by atoms with Crippen molar-refractivity contribution in [2.75, 3.05) is 5.32 Å². The summed E-state index contributed by atoms with van der Waals surface area (Å²) in [5.74, 6) is 0.190. The van der Waals surface area contributed by atoms with Crippen LogP contribution in [-0.4, -0.2) is 17.6 Å². The Morgan fingerprint density at radius 3 is 2.57 bits per heavy atom. The topological polar surface area (TPSA) is 34.1 Å². The number of nitrogens with one attached hydrogen (secondary N) is 1. The van der Waals surface area contributed by atoms with Crippen LogP contribution < -0.4 is 10.1 Å². The number of ether oxygens (including phenoxy) is 1. The average Bonchev–Trinajstić information content (AvgIpc) is 2.47. The fourth-order valence-electron chi connectivity index (χ4n) is 2.03. The maximum Gasteiger partial charge on any atom is 0.387 e. The maximum atomic E-state index is 12.0. The number of benzene rings is 1. The molecular weight excluding hydrogens is 274 g/mol. The highest BCUT2D eigenvalue weighted by molar-refractivity contribution is 5.40. The lowest BCUT2D eigenvalue weighted by Gasteiger charge is -2.15. The molecule has 1 aromatic heterocycles. The van der Waals surface area contributed by atoms with E-state index in [0.717, 1.165) is 24.1 Å². The van der Waals surface area contributed by atoms with Crippen molar-refractivity contribution in [1.29, 1.82) is 0 Å². The Morgan fingerprint density at radius 2 is 1.95 bits per heavy atom. The first-order chi connectivity index (χ1) is 10.1. The minimum absolute atomic E-state index is 0.190. The maximum absolute atomic E-state index is 12.0. The molecular formula is C16H18F2N2O. The van der Waals surface area contributed by atoms with E-state index < -0.39 is 6.61 Å². The summed E-state index contributed by atoms with van der Waals surface area (Å²) in [5, 5.41) is 3.36. The van der Waals surface area contributed by atoms with E-state index in [-0.39, 0.29) is 5.75 Å². The van der Waals surface area contributed by atoms with Gasteiger partial charge in [0.25, 0.3) is 0 Å². The van der Waals surface area contributed by atoms with Crippen molar-refractivity contribution in [2.45, 2.75) is 32.4 Å². The third-order valence-electron chi connectivity index (χ3n) is 3.09. The average molecular weight is 292 g/mol. The first-order valence-electron chi connectivity index (χ1n) is 6.84. The molecule has 1 aromatic carbocycles. The van der Waals surface area contributed by atoms with Crippen LogP contribution in [0.1, 0.15) is 18.9 Å². The van der Waals surface area contributed by atoms with E-state index in [2.05, 4.69) is 22.0 Å². The van der Waals surface area contributed by atoms with Crippen molar-refractivity contribution >= 4 is 5.69 Å². The van der Waals surface area contributed by atoms with Crippen LogP contribution in [0.2, 0.25) is 0 Å². The number of aryl methyl sites for hydroxylation is 1. The second-order valence-electron chi connectivity index (χ2n) is 4.85. The van der Waals surface area contributed by atoms with Gasteiger partial charge >= 0.3 is 6.61 Å². The summed E-state index contributed by atoms with van der Waals surface area (Å²) in [6.45, 7) is -0.680. The molecule has 1 unspecified atom stereocenters. The largest absolute Gasteiger partial charge is 0.435 e. The van der Waals surface area contributed by atoms with E-state index in [1.807, 2.05) is 24.3 Å². The number of hydrogen-bond acceptors (Lipinski definition) is 3. The summed E-state index contributed by atoms with van der Waals surface area (Å²) < 4.78 is 28.4. The summed E-state index contributed by atoms with van der Waals surface area (Å²) in [5.41, 5.74) is 2.09. The fraction of sp³-hybridized carbons (Fsp3) is 0.312. The number of halogens is 2. The van der Waals surface area contributed by atoms with E-state index in [1.54, 1.807) is 24.5 Å². The molecule has 112 valence electrons. The van der Waals surface area contributed by atoms with Gasteiger partial charge < -0.3 is 10.1 Å². The lowest BCUT2D eigenvalue weighted by molar-refractivity contribution is -0.0498. The van der Waals surface area contributed by atoms with Gasteiger partial charge in [0.05, 0.1) is 5.69 Å². The smallest absolute Gasteiger partial charge is 0.387 e. The molecule has 0 fully saturated rings. The normalized spacial score (nSPS) is 12.2. The molecule has 3 nitrogen and oxygen atoms in total. The lowest BCUT2D eigenvalue weighted by atomic mass is 10.1. The molecule has 2 rings (SSSR count). The first-order valence-corrected chi connectivity index (χ1v) is 6.84. The van der Waals surface area contributed by atoms with Gasteiger partial charge in [-0.1, -0.05) is 12.1 Å². The van der Waals surface area contributed by atoms with Crippen LogP contribution in [0, 0.1) is 0 Å². The Bertz CT molecular complexity index is 532. The van der Waals surface area contributed by atoms with Gasteiger partial charge in [0.2, 0.25) is 0 Å². The highest BCUT2D eigenvalue weighted by Gasteiger charge is 2.05. The molecule has 0 saturated carbocycles. The van der Waals surface area contributed by atoms with E-state index in [9.17, 15) is 8.78 Å². The van der Waals surface area contributed by atoms with Gasteiger partial charge in [-0.25, -0.2) is 0 Å². The summed E-state index contributed by atoms with van der Waals surface area (Å²) in [4.78, 5) is 4.05. The van der Waals surface area contributed by atoms with Gasteiger partial charge in [-0.05, 0) is 49.6 Å². The molecule has 0 aliphatic heterocycles. The standard InChI is InChI=1S/C16H18F2N2O/c1-12(20-14-3-2-10-19-11-14)4-5-13-6-8-15(9-7-13)21-16(17)18/h2-3,6-12,16,20H,4-5H2,1H3. The van der Waals surface area contributed by atoms with Crippen LogP contribution in [0.25, 0.3) is 0 Å². The molecule has 0 aliphatic carbocycles. The second kappa shape index (κ2) is 7.57. The Morgan fingerprint density at radius 1 is 1.19 bits per heavy atom. The van der Waals surface area contributed by atoms with E-state index >= 15 is 0 Å². The highest BCUT2D eigenvalue weighted by Crippen LogP contribution is 2.16. The third kappa shape index (κ3) is 5.38. The van der Waals surface area contributed by atoms with Crippen molar-refractivity contribution < 1.29 is 13.5 Å². The van der Waals surface area contributed by atoms with Gasteiger partial charge in [-0.3, -0.25) is 4.98 Å². The predicted octanol–water partition coefficient (Wildman–Crippen LogP) is 4.12. The number of hydrogen-bond donors (Lipinski definition) is 1. The van der Waals surface area contributed by atoms with Gasteiger partial charge in [-0.2, -0.15) is 8.78 Å². The second-order valence-corrected chi connectivity index (χ2v) is 4.85. The van der Waals surface area contributed by atoms with Crippen molar-refractivity contribution in [2.24, 2.45) is 0 Å². The Kier molecular flexibility index (Phi) is 5.49. The summed E-state index contributed by atoms with van der Waals surface area (Å²) >= 11 is 0. The van der Waals surface area contributed by atoms with Crippen molar-refractivity contribution in [3.8, 4) is 5.75 Å². The zero-order chi connectivity index (χ0) is 15.1. The summed E-state index contributed by atoms with van der Waals surface area (Å²) in [7, 11) is 0. The molecule has 5 heteroatoms. The lowest BCUT2D eigenvalue weighted by Crippen LogP contribution is -2.16. The molecule has 0 amide bonds. The van der Waals surface area contributed by atoms with Crippen LogP contribution in [0.5, 0.6) is 5.75 Å². The number of alkyl halides is 2. The van der Waals surface area contributed by atoms with Crippen molar-refractivity contribution in [3.05, 3.63) is 54.4 Å². The van der Waals surface area contributed by atoms with E-state index in [0.29, 0.717) is 6.04 Å². The minimum Gasteiger partial charge on any atom is -0.435 e. The first kappa shape index (κ1) is 15.2. The predicted molar refractivity (Wildman–Crippen MR) is 78.7 cm³/mol. The third-order valence-corrected chi connectivity index (χ3v) is 3.09. The van der Waals surface area contributed by atoms with Gasteiger partial charge in [0.1, 0.15) is 5.75 Å². The van der Waals surface area contributed by atoms with Crippen LogP contribution in [-0.2, 0) is 6.42 Å². The fourth-order valence-corrected chi connectivity index (χ4v) is 2.03. The number of rotatable bonds is 7. The zero-order valence-corrected chi connectivity index (χ0v) is 11.8. The molecule has 21 heavy (non-hydrogen) atoms. The van der Waals surface area contributed by atoms with Crippen LogP contribution in [0.3, 0.4) is 0 Å². The van der Waals surface area contributed by atoms with Crippen molar-refractivity contribution in [3.63, 3.8) is 0 Å². The summed E-state index contributed by atoms with van der Waals surface area (Å²) in [6, 6.07) is 10.9. The van der Waals surface area contributed by atoms with E-state index in [1.165, 1.54) is 0 Å². The number of pyridine rings is 1. The molecule has 1 N–H and O–H groups in total. The van der Waals surface area contributed by atoms with Gasteiger partial charge in [-0.15, -0.1) is 0 Å². The summed E-state index contributed by atoms with van der Waals surface area (Å²) in [6.07, 6.45) is 5.32. The molecule has 0 aliphatic rings. The molecule has 0 bridgehead atoms. The molecule has 2 aromatic rings. The van der Waals surface area contributed by atoms with Gasteiger partial charge in [0, 0.05) is 18.4 Å². The molecule has 1 heterocycles. The van der Waals surface area contributed by atoms with Crippen LogP contribution in [0.4, 0.5) is 14.5 Å². The van der Waals surface area contributed by atoms with Crippen molar-refractivity contribution in [1.82, 2.24) is 4.98 Å². The Hall–Kier alpha value is -2.17.